The Balaban J connectivity index is 2.01. The summed E-state index contributed by atoms with van der Waals surface area (Å²) >= 11 is 0. The molecule has 0 spiro atoms. The molecule has 2 aromatic rings. The molecule has 0 fully saturated rings. The van der Waals surface area contributed by atoms with Gasteiger partial charge >= 0.3 is 5.97 Å². The van der Waals surface area contributed by atoms with Gasteiger partial charge < -0.3 is 14.8 Å². The van der Waals surface area contributed by atoms with E-state index in [1.807, 2.05) is 57.2 Å². The van der Waals surface area contributed by atoms with E-state index in [4.69, 9.17) is 9.47 Å². The summed E-state index contributed by atoms with van der Waals surface area (Å²) in [7, 11) is 0. The maximum Gasteiger partial charge on any atom is 0.332 e. The van der Waals surface area contributed by atoms with Gasteiger partial charge in [-0.3, -0.25) is 4.79 Å². The summed E-state index contributed by atoms with van der Waals surface area (Å²) in [5.41, 5.74) is 1.23. The van der Waals surface area contributed by atoms with Crippen LogP contribution in [-0.4, -0.2) is 29.5 Å². The van der Waals surface area contributed by atoms with Gasteiger partial charge in [0, 0.05) is 12.3 Å². The standard InChI is InChI=1S/C23H28N2O4/c1-5-28-22(27)19(13-14-23(2,3)4)25-21(26)18-11-12-20(24-15-18)29-16-17-9-7-6-8-10-17/h6-15,19H,5,16H2,1-4H3,(H,25,26)/b14-13+. The Labute approximate surface area is 171 Å². The Morgan fingerprint density at radius 3 is 2.45 bits per heavy atom. The molecule has 0 aliphatic heterocycles. The van der Waals surface area contributed by atoms with Crippen molar-refractivity contribution < 1.29 is 19.1 Å². The average molecular weight is 396 g/mol. The zero-order chi connectivity index (χ0) is 21.3. The minimum atomic E-state index is -0.865. The molecule has 29 heavy (non-hydrogen) atoms. The minimum Gasteiger partial charge on any atom is -0.473 e. The van der Waals surface area contributed by atoms with E-state index in [2.05, 4.69) is 10.3 Å². The van der Waals surface area contributed by atoms with Gasteiger partial charge in [-0.2, -0.15) is 0 Å². The highest BCUT2D eigenvalue weighted by atomic mass is 16.5. The van der Waals surface area contributed by atoms with Gasteiger partial charge in [0.2, 0.25) is 5.88 Å². The molecule has 6 heteroatoms. The highest BCUT2D eigenvalue weighted by Gasteiger charge is 2.21. The Morgan fingerprint density at radius 1 is 1.14 bits per heavy atom. The molecule has 1 unspecified atom stereocenters. The summed E-state index contributed by atoms with van der Waals surface area (Å²) in [4.78, 5) is 28.9. The number of amides is 1. The third kappa shape index (κ3) is 7.78. The molecule has 0 aliphatic rings. The molecule has 1 aromatic carbocycles. The highest BCUT2D eigenvalue weighted by Crippen LogP contribution is 2.15. The lowest BCUT2D eigenvalue weighted by atomic mass is 9.95. The van der Waals surface area contributed by atoms with Crippen LogP contribution in [0.5, 0.6) is 5.88 Å². The first-order chi connectivity index (χ1) is 13.8. The zero-order valence-corrected chi connectivity index (χ0v) is 17.3. The van der Waals surface area contributed by atoms with E-state index < -0.39 is 17.9 Å². The Hall–Kier alpha value is -3.15. The number of hydrogen-bond donors (Lipinski definition) is 1. The SMILES string of the molecule is CCOC(=O)C(/C=C/C(C)(C)C)NC(=O)c1ccc(OCc2ccccc2)nc1. The number of carbonyl (C=O) groups excluding carboxylic acids is 2. The summed E-state index contributed by atoms with van der Waals surface area (Å²) in [5.74, 6) is -0.499. The predicted octanol–water partition coefficient (Wildman–Crippen LogP) is 3.92. The number of hydrogen-bond acceptors (Lipinski definition) is 5. The second-order valence-electron chi connectivity index (χ2n) is 7.59. The predicted molar refractivity (Wildman–Crippen MR) is 111 cm³/mol. The number of esters is 1. The molecule has 6 nitrogen and oxygen atoms in total. The second kappa shape index (κ2) is 10.4. The van der Waals surface area contributed by atoms with E-state index in [0.717, 1.165) is 5.56 Å². The maximum absolute atomic E-state index is 12.5. The van der Waals surface area contributed by atoms with Crippen molar-refractivity contribution in [1.29, 1.82) is 0 Å². The van der Waals surface area contributed by atoms with Crippen LogP contribution in [0, 0.1) is 5.41 Å². The first-order valence-corrected chi connectivity index (χ1v) is 9.58. The van der Waals surface area contributed by atoms with Crippen LogP contribution in [0.1, 0.15) is 43.6 Å². The van der Waals surface area contributed by atoms with Crippen molar-refractivity contribution >= 4 is 11.9 Å². The van der Waals surface area contributed by atoms with E-state index in [-0.39, 0.29) is 12.0 Å². The fourth-order valence-corrected chi connectivity index (χ4v) is 2.36. The van der Waals surface area contributed by atoms with Gasteiger partial charge in [0.05, 0.1) is 12.2 Å². The second-order valence-corrected chi connectivity index (χ2v) is 7.59. The molecule has 0 bridgehead atoms. The maximum atomic E-state index is 12.5. The molecule has 1 amide bonds. The normalized spacial score (nSPS) is 12.4. The fraction of sp³-hybridized carbons (Fsp3) is 0.348. The third-order valence-corrected chi connectivity index (χ3v) is 3.84. The lowest BCUT2D eigenvalue weighted by Gasteiger charge is -2.17. The number of ether oxygens (including phenoxy) is 2. The van der Waals surface area contributed by atoms with Crippen LogP contribution < -0.4 is 10.1 Å². The van der Waals surface area contributed by atoms with Gasteiger partial charge in [-0.25, -0.2) is 9.78 Å². The largest absolute Gasteiger partial charge is 0.473 e. The van der Waals surface area contributed by atoms with Gasteiger partial charge in [-0.05, 0) is 24.0 Å². The van der Waals surface area contributed by atoms with E-state index in [1.54, 1.807) is 25.1 Å². The molecule has 0 saturated carbocycles. The van der Waals surface area contributed by atoms with Gasteiger partial charge in [0.25, 0.3) is 5.91 Å². The Kier molecular flexibility index (Phi) is 7.95. The molecule has 0 radical (unpaired) electrons. The Morgan fingerprint density at radius 2 is 1.86 bits per heavy atom. The van der Waals surface area contributed by atoms with Crippen molar-refractivity contribution in [3.63, 3.8) is 0 Å². The number of carbonyl (C=O) groups is 2. The highest BCUT2D eigenvalue weighted by molar-refractivity contribution is 5.97. The molecule has 0 aliphatic carbocycles. The molecular weight excluding hydrogens is 368 g/mol. The first-order valence-electron chi connectivity index (χ1n) is 9.58. The van der Waals surface area contributed by atoms with Crippen LogP contribution in [0.3, 0.4) is 0 Å². The summed E-state index contributed by atoms with van der Waals surface area (Å²) in [6.07, 6.45) is 4.94. The van der Waals surface area contributed by atoms with Gasteiger partial charge in [-0.15, -0.1) is 0 Å². The molecule has 2 rings (SSSR count). The van der Waals surface area contributed by atoms with E-state index >= 15 is 0 Å². The van der Waals surface area contributed by atoms with Crippen LogP contribution in [0.2, 0.25) is 0 Å². The molecule has 1 heterocycles. The topological polar surface area (TPSA) is 77.5 Å². The van der Waals surface area contributed by atoms with Gasteiger partial charge in [0.1, 0.15) is 12.6 Å². The van der Waals surface area contributed by atoms with E-state index in [9.17, 15) is 9.59 Å². The van der Waals surface area contributed by atoms with Crippen LogP contribution in [0.15, 0.2) is 60.8 Å². The number of nitrogens with zero attached hydrogens (tertiary/aromatic N) is 1. The van der Waals surface area contributed by atoms with Crippen molar-refractivity contribution in [2.24, 2.45) is 5.41 Å². The summed E-state index contributed by atoms with van der Waals surface area (Å²) in [6, 6.07) is 12.1. The number of benzene rings is 1. The third-order valence-electron chi connectivity index (χ3n) is 3.84. The molecule has 1 N–H and O–H groups in total. The van der Waals surface area contributed by atoms with Crippen LogP contribution in [-0.2, 0) is 16.1 Å². The van der Waals surface area contributed by atoms with Crippen molar-refractivity contribution in [3.05, 3.63) is 71.9 Å². The number of nitrogens with one attached hydrogen (secondary N) is 1. The van der Waals surface area contributed by atoms with Crippen LogP contribution in [0.25, 0.3) is 0 Å². The first kappa shape index (κ1) is 22.1. The van der Waals surface area contributed by atoms with Crippen molar-refractivity contribution in [1.82, 2.24) is 10.3 Å². The molecule has 1 atom stereocenters. The number of rotatable bonds is 8. The van der Waals surface area contributed by atoms with Crippen LogP contribution >= 0.6 is 0 Å². The Bertz CT molecular complexity index is 824. The summed E-state index contributed by atoms with van der Waals surface area (Å²) in [6.45, 7) is 8.37. The summed E-state index contributed by atoms with van der Waals surface area (Å²) in [5, 5.41) is 2.69. The monoisotopic (exact) mass is 396 g/mol. The lowest BCUT2D eigenvalue weighted by Crippen LogP contribution is -2.40. The molecule has 154 valence electrons. The quantitative estimate of drug-likeness (QED) is 0.540. The van der Waals surface area contributed by atoms with E-state index in [1.165, 1.54) is 6.20 Å². The zero-order valence-electron chi connectivity index (χ0n) is 17.3. The minimum absolute atomic E-state index is 0.130. The molecule has 1 aromatic heterocycles. The number of aromatic nitrogens is 1. The average Bonchev–Trinajstić information content (AvgIpc) is 2.70. The molecular formula is C23H28N2O4. The lowest BCUT2D eigenvalue weighted by molar-refractivity contribution is -0.144. The fourth-order valence-electron chi connectivity index (χ4n) is 2.36. The van der Waals surface area contributed by atoms with Gasteiger partial charge in [0.15, 0.2) is 0 Å². The van der Waals surface area contributed by atoms with Crippen molar-refractivity contribution in [2.45, 2.75) is 40.3 Å². The smallest absolute Gasteiger partial charge is 0.332 e. The summed E-state index contributed by atoms with van der Waals surface area (Å²) < 4.78 is 10.7. The van der Waals surface area contributed by atoms with Gasteiger partial charge in [-0.1, -0.05) is 63.3 Å². The van der Waals surface area contributed by atoms with Crippen molar-refractivity contribution in [2.75, 3.05) is 6.61 Å². The number of allylic oxidation sites excluding steroid dienone is 1. The van der Waals surface area contributed by atoms with Crippen LogP contribution in [0.4, 0.5) is 0 Å². The van der Waals surface area contributed by atoms with E-state index in [0.29, 0.717) is 18.1 Å². The van der Waals surface area contributed by atoms with Crippen molar-refractivity contribution in [3.8, 4) is 5.88 Å². The molecule has 0 saturated heterocycles. The number of pyridine rings is 1.